The monoisotopic (exact) mass is 748 g/mol. The molecule has 0 saturated carbocycles. The second-order valence-corrected chi connectivity index (χ2v) is 15.2. The smallest absolute Gasteiger partial charge is 0.245 e. The Morgan fingerprint density at radius 3 is 1.50 bits per heavy atom. The van der Waals surface area contributed by atoms with Crippen LogP contribution in [0.15, 0.2) is 110 Å². The number of likely N-dealkylation sites (N-methyl/N-ethyl adjacent to an activating group) is 2. The van der Waals surface area contributed by atoms with Gasteiger partial charge < -0.3 is 19.8 Å². The van der Waals surface area contributed by atoms with Gasteiger partial charge in [-0.25, -0.2) is 9.97 Å². The molecular formula is C44H48N10O2. The molecule has 6 aromatic rings. The van der Waals surface area contributed by atoms with Crippen LogP contribution in [0.5, 0.6) is 0 Å². The minimum Gasteiger partial charge on any atom is -0.340 e. The lowest BCUT2D eigenvalue weighted by Gasteiger charge is -2.31. The van der Waals surface area contributed by atoms with Crippen LogP contribution in [0.1, 0.15) is 72.6 Å². The van der Waals surface area contributed by atoms with Gasteiger partial charge in [-0.15, -0.1) is 0 Å². The van der Waals surface area contributed by atoms with Crippen LogP contribution in [-0.4, -0.2) is 103 Å². The number of benzene rings is 3. The summed E-state index contributed by atoms with van der Waals surface area (Å²) in [7, 11) is 7.79. The fraction of sp³-hybridized carbons (Fsp3) is 0.318. The molecule has 3 aromatic carbocycles. The molecule has 0 radical (unpaired) electrons. The number of nitrogens with zero attached hydrogens (tertiary/aromatic N) is 8. The Balaban J connectivity index is 0.930. The predicted octanol–water partition coefficient (Wildman–Crippen LogP) is 6.86. The van der Waals surface area contributed by atoms with Crippen LogP contribution in [-0.2, 0) is 9.59 Å². The molecule has 3 aromatic heterocycles. The van der Waals surface area contributed by atoms with E-state index >= 15 is 0 Å². The summed E-state index contributed by atoms with van der Waals surface area (Å²) in [6.07, 6.45) is 10.7. The number of hydrogen-bond acceptors (Lipinski definition) is 8. The van der Waals surface area contributed by atoms with Crippen LogP contribution < -0.4 is 0 Å². The Kier molecular flexibility index (Phi) is 10.6. The van der Waals surface area contributed by atoms with Gasteiger partial charge in [-0.3, -0.25) is 29.4 Å². The lowest BCUT2D eigenvalue weighted by Crippen LogP contribution is -2.40. The average Bonchev–Trinajstić information content (AvgIpc) is 4.06. The molecule has 0 spiro atoms. The second kappa shape index (κ2) is 16.0. The molecule has 4 atom stereocenters. The number of likely N-dealkylation sites (tertiary alicyclic amines) is 2. The maximum Gasteiger partial charge on any atom is 0.245 e. The van der Waals surface area contributed by atoms with E-state index in [0.717, 1.165) is 76.7 Å². The normalized spacial score (nSPS) is 18.2. The average molecular weight is 749 g/mol. The number of imidazole rings is 2. The first-order valence-electron chi connectivity index (χ1n) is 19.3. The topological polar surface area (TPSA) is 130 Å². The molecule has 2 aliphatic heterocycles. The molecule has 56 heavy (non-hydrogen) atoms. The third kappa shape index (κ3) is 7.37. The summed E-state index contributed by atoms with van der Waals surface area (Å²) in [6, 6.07) is 27.1. The summed E-state index contributed by atoms with van der Waals surface area (Å²) >= 11 is 0. The molecule has 2 fully saturated rings. The molecule has 5 heterocycles. The van der Waals surface area contributed by atoms with Gasteiger partial charge in [0.1, 0.15) is 29.4 Å². The molecule has 2 N–H and O–H groups in total. The molecular weight excluding hydrogens is 701 g/mol. The summed E-state index contributed by atoms with van der Waals surface area (Å²) in [6.45, 7) is 1.40. The molecule has 12 heteroatoms. The number of rotatable bonds is 11. The first-order valence-corrected chi connectivity index (χ1v) is 19.3. The summed E-state index contributed by atoms with van der Waals surface area (Å²) < 4.78 is 0. The van der Waals surface area contributed by atoms with Gasteiger partial charge in [-0.1, -0.05) is 84.9 Å². The molecule has 0 aliphatic carbocycles. The van der Waals surface area contributed by atoms with Gasteiger partial charge in [0, 0.05) is 18.7 Å². The lowest BCUT2D eigenvalue weighted by molar-refractivity contribution is -0.138. The van der Waals surface area contributed by atoms with Crippen LogP contribution in [0.3, 0.4) is 0 Å². The van der Waals surface area contributed by atoms with E-state index in [2.05, 4.69) is 9.97 Å². The van der Waals surface area contributed by atoms with Gasteiger partial charge in [-0.05, 0) is 70.6 Å². The SMILES string of the molecule is CN(C)[C@@H](C(=O)N1CCC[C@H]1c1ncc(-c2ccc(-c3cnc(-c4cnc([C@@H]5CCCN5C(=O)[C@@H](c5ccccc5)N(C)C)[nH]4)cn3)cc2)[nH]1)c1ccccc1. The van der Waals surface area contributed by atoms with Crippen molar-refractivity contribution in [2.45, 2.75) is 49.9 Å². The Morgan fingerprint density at radius 2 is 1.02 bits per heavy atom. The molecule has 12 nitrogen and oxygen atoms in total. The van der Waals surface area contributed by atoms with Crippen molar-refractivity contribution in [3.8, 4) is 33.9 Å². The minimum atomic E-state index is -0.364. The summed E-state index contributed by atoms with van der Waals surface area (Å²) in [5.41, 5.74) is 6.99. The molecule has 2 saturated heterocycles. The summed E-state index contributed by atoms with van der Waals surface area (Å²) in [5.74, 6) is 1.74. The van der Waals surface area contributed by atoms with E-state index in [9.17, 15) is 9.59 Å². The molecule has 286 valence electrons. The fourth-order valence-corrected chi connectivity index (χ4v) is 8.26. The highest BCUT2D eigenvalue weighted by Gasteiger charge is 2.38. The van der Waals surface area contributed by atoms with Crippen molar-refractivity contribution in [3.05, 3.63) is 132 Å². The molecule has 2 amide bonds. The van der Waals surface area contributed by atoms with Gasteiger partial charge in [0.15, 0.2) is 0 Å². The Bertz CT molecular complexity index is 2090. The quantitative estimate of drug-likeness (QED) is 0.147. The molecule has 0 unspecified atom stereocenters. The Morgan fingerprint density at radius 1 is 0.571 bits per heavy atom. The minimum absolute atomic E-state index is 0.0783. The van der Waals surface area contributed by atoms with Crippen LogP contribution >= 0.6 is 0 Å². The highest BCUT2D eigenvalue weighted by molar-refractivity contribution is 5.84. The number of carbonyl (C=O) groups is 2. The zero-order valence-electron chi connectivity index (χ0n) is 32.3. The van der Waals surface area contributed by atoms with E-state index in [0.29, 0.717) is 18.8 Å². The summed E-state index contributed by atoms with van der Waals surface area (Å²) in [5, 5.41) is 0. The number of amides is 2. The lowest BCUT2D eigenvalue weighted by atomic mass is 10.0. The highest BCUT2D eigenvalue weighted by atomic mass is 16.2. The Hall–Kier alpha value is -5.98. The van der Waals surface area contributed by atoms with Gasteiger partial charge in [0.05, 0.1) is 54.0 Å². The molecule has 8 rings (SSSR count). The summed E-state index contributed by atoms with van der Waals surface area (Å²) in [4.78, 5) is 61.6. The first kappa shape index (κ1) is 37.0. The van der Waals surface area contributed by atoms with Crippen LogP contribution in [0, 0.1) is 0 Å². The van der Waals surface area contributed by atoms with Crippen molar-refractivity contribution >= 4 is 11.8 Å². The van der Waals surface area contributed by atoms with E-state index in [-0.39, 0.29) is 36.0 Å². The predicted molar refractivity (Wildman–Crippen MR) is 216 cm³/mol. The van der Waals surface area contributed by atoms with E-state index < -0.39 is 0 Å². The highest BCUT2D eigenvalue weighted by Crippen LogP contribution is 2.37. The molecule has 2 aliphatic rings. The van der Waals surface area contributed by atoms with Gasteiger partial charge in [-0.2, -0.15) is 0 Å². The third-order valence-electron chi connectivity index (χ3n) is 11.0. The van der Waals surface area contributed by atoms with Gasteiger partial charge >= 0.3 is 0 Å². The van der Waals surface area contributed by atoms with Crippen molar-refractivity contribution in [1.82, 2.24) is 49.5 Å². The third-order valence-corrected chi connectivity index (χ3v) is 11.0. The van der Waals surface area contributed by atoms with Crippen molar-refractivity contribution in [2.75, 3.05) is 41.3 Å². The Labute approximate surface area is 327 Å². The van der Waals surface area contributed by atoms with Crippen molar-refractivity contribution in [3.63, 3.8) is 0 Å². The van der Waals surface area contributed by atoms with Crippen molar-refractivity contribution in [2.24, 2.45) is 0 Å². The number of carbonyl (C=O) groups excluding carboxylic acids is 2. The number of hydrogen-bond donors (Lipinski definition) is 2. The zero-order valence-corrected chi connectivity index (χ0v) is 32.3. The zero-order chi connectivity index (χ0) is 38.8. The van der Waals surface area contributed by atoms with Crippen LogP contribution in [0.4, 0.5) is 0 Å². The van der Waals surface area contributed by atoms with E-state index in [1.54, 1.807) is 18.6 Å². The number of aromatic amines is 2. The van der Waals surface area contributed by atoms with Crippen LogP contribution in [0.2, 0.25) is 0 Å². The second-order valence-electron chi connectivity index (χ2n) is 15.2. The van der Waals surface area contributed by atoms with Gasteiger partial charge in [0.25, 0.3) is 0 Å². The number of H-pyrrole nitrogens is 2. The standard InChI is InChI=1S/C44H48N10O2/c1-51(2)39(31-13-7-5-8-14-31)43(55)53-23-11-17-37(53)41-47-26-34(49-41)30-21-19-29(20-22-30)33-25-46-35(27-45-33)36-28-48-42(50-36)38-18-12-24-54(38)44(56)40(52(3)4)32-15-9-6-10-16-32/h5-10,13-16,19-22,25-28,37-40H,11-12,17-18,23-24H2,1-4H3,(H,47,49)(H,48,50)/t37-,38-,39+,40+/m0/s1. The van der Waals surface area contributed by atoms with Gasteiger partial charge in [0.2, 0.25) is 11.8 Å². The van der Waals surface area contributed by atoms with E-state index in [4.69, 9.17) is 19.9 Å². The largest absolute Gasteiger partial charge is 0.340 e. The van der Waals surface area contributed by atoms with Crippen molar-refractivity contribution < 1.29 is 9.59 Å². The van der Waals surface area contributed by atoms with E-state index in [1.165, 1.54) is 0 Å². The van der Waals surface area contributed by atoms with Crippen LogP contribution in [0.25, 0.3) is 33.9 Å². The molecule has 0 bridgehead atoms. The number of nitrogens with one attached hydrogen (secondary N) is 2. The maximum absolute atomic E-state index is 13.9. The van der Waals surface area contributed by atoms with E-state index in [1.807, 2.05) is 139 Å². The van der Waals surface area contributed by atoms with Crippen molar-refractivity contribution in [1.29, 1.82) is 0 Å². The maximum atomic E-state index is 13.9. The first-order chi connectivity index (χ1) is 27.3. The number of aromatic nitrogens is 6. The fourth-order valence-electron chi connectivity index (χ4n) is 8.26.